The van der Waals surface area contributed by atoms with E-state index in [9.17, 15) is 0 Å². The Morgan fingerprint density at radius 1 is 1.19 bits per heavy atom. The number of para-hydroxylation sites is 1. The van der Waals surface area contributed by atoms with Crippen molar-refractivity contribution in [1.82, 2.24) is 5.32 Å². The molecule has 21 heavy (non-hydrogen) atoms. The summed E-state index contributed by atoms with van der Waals surface area (Å²) in [6, 6.07) is 12.5. The highest BCUT2D eigenvalue weighted by Crippen LogP contribution is 2.20. The monoisotopic (exact) mass is 303 g/mol. The first-order valence-electron chi connectivity index (χ1n) is 7.47. The van der Waals surface area contributed by atoms with Gasteiger partial charge in [0.2, 0.25) is 0 Å². The van der Waals surface area contributed by atoms with E-state index < -0.39 is 0 Å². The first-order valence-corrected chi connectivity index (χ1v) is 8.35. The Labute approximate surface area is 129 Å². The van der Waals surface area contributed by atoms with Crippen molar-refractivity contribution in [2.75, 3.05) is 13.2 Å². The SMILES string of the molecule is c1csc(CNCc2ccccc2OCC2CCCO2)c1. The minimum absolute atomic E-state index is 0.261. The molecule has 1 aromatic heterocycles. The Morgan fingerprint density at radius 3 is 2.95 bits per heavy atom. The molecule has 1 N–H and O–H groups in total. The molecule has 1 aliphatic rings. The van der Waals surface area contributed by atoms with Crippen LogP contribution in [0.25, 0.3) is 0 Å². The highest BCUT2D eigenvalue weighted by atomic mass is 32.1. The maximum atomic E-state index is 5.95. The molecule has 1 unspecified atom stereocenters. The molecular formula is C17H21NO2S. The molecule has 1 fully saturated rings. The van der Waals surface area contributed by atoms with Gasteiger partial charge in [-0.25, -0.2) is 0 Å². The quantitative estimate of drug-likeness (QED) is 0.848. The molecule has 0 saturated carbocycles. The van der Waals surface area contributed by atoms with Gasteiger partial charge in [0.25, 0.3) is 0 Å². The summed E-state index contributed by atoms with van der Waals surface area (Å²) in [5.74, 6) is 0.965. The van der Waals surface area contributed by atoms with Crippen LogP contribution in [0.3, 0.4) is 0 Å². The number of hydrogen-bond donors (Lipinski definition) is 1. The Hall–Kier alpha value is -1.36. The highest BCUT2D eigenvalue weighted by molar-refractivity contribution is 7.09. The Bertz CT molecular complexity index is 535. The lowest BCUT2D eigenvalue weighted by Crippen LogP contribution is -2.18. The molecule has 0 aliphatic carbocycles. The van der Waals surface area contributed by atoms with Crippen LogP contribution in [0.5, 0.6) is 5.75 Å². The van der Waals surface area contributed by atoms with Crippen molar-refractivity contribution in [3.05, 3.63) is 52.2 Å². The second-order valence-corrected chi connectivity index (χ2v) is 6.27. The first kappa shape index (κ1) is 14.6. The van der Waals surface area contributed by atoms with E-state index in [1.165, 1.54) is 10.4 Å². The molecule has 1 aliphatic heterocycles. The summed E-state index contributed by atoms with van der Waals surface area (Å²) in [5.41, 5.74) is 1.20. The molecule has 0 spiro atoms. The molecule has 112 valence electrons. The number of benzene rings is 1. The average molecular weight is 303 g/mol. The zero-order valence-electron chi connectivity index (χ0n) is 12.1. The maximum Gasteiger partial charge on any atom is 0.123 e. The summed E-state index contributed by atoms with van der Waals surface area (Å²) in [4.78, 5) is 1.35. The van der Waals surface area contributed by atoms with Crippen LogP contribution in [0.1, 0.15) is 23.3 Å². The maximum absolute atomic E-state index is 5.95. The third-order valence-electron chi connectivity index (χ3n) is 3.62. The molecule has 3 nitrogen and oxygen atoms in total. The summed E-state index contributed by atoms with van der Waals surface area (Å²) >= 11 is 1.78. The van der Waals surface area contributed by atoms with Crippen LogP contribution >= 0.6 is 11.3 Å². The van der Waals surface area contributed by atoms with Gasteiger partial charge in [-0.1, -0.05) is 24.3 Å². The lowest BCUT2D eigenvalue weighted by atomic mass is 10.2. The van der Waals surface area contributed by atoms with Crippen molar-refractivity contribution in [3.63, 3.8) is 0 Å². The molecule has 0 bridgehead atoms. The fraction of sp³-hybridized carbons (Fsp3) is 0.412. The lowest BCUT2D eigenvalue weighted by Gasteiger charge is -2.15. The zero-order valence-corrected chi connectivity index (χ0v) is 12.9. The van der Waals surface area contributed by atoms with Crippen LogP contribution in [-0.2, 0) is 17.8 Å². The van der Waals surface area contributed by atoms with Crippen molar-refractivity contribution in [3.8, 4) is 5.75 Å². The van der Waals surface area contributed by atoms with E-state index in [4.69, 9.17) is 9.47 Å². The Kier molecular flexibility index (Phi) is 5.27. The third-order valence-corrected chi connectivity index (χ3v) is 4.49. The fourth-order valence-electron chi connectivity index (χ4n) is 2.48. The fourth-order valence-corrected chi connectivity index (χ4v) is 3.16. The number of hydrogen-bond acceptors (Lipinski definition) is 4. The molecule has 3 rings (SSSR count). The van der Waals surface area contributed by atoms with Gasteiger partial charge in [-0.15, -0.1) is 11.3 Å². The molecule has 1 aromatic carbocycles. The molecule has 2 aromatic rings. The van der Waals surface area contributed by atoms with Crippen LogP contribution < -0.4 is 10.1 Å². The number of thiophene rings is 1. The van der Waals surface area contributed by atoms with Crippen molar-refractivity contribution < 1.29 is 9.47 Å². The first-order chi connectivity index (χ1) is 10.4. The van der Waals surface area contributed by atoms with Crippen LogP contribution in [-0.4, -0.2) is 19.3 Å². The van der Waals surface area contributed by atoms with Crippen molar-refractivity contribution >= 4 is 11.3 Å². The highest BCUT2D eigenvalue weighted by Gasteiger charge is 2.16. The van der Waals surface area contributed by atoms with E-state index in [1.54, 1.807) is 11.3 Å². The molecule has 4 heteroatoms. The number of rotatable bonds is 7. The number of nitrogens with one attached hydrogen (secondary N) is 1. The predicted molar refractivity (Wildman–Crippen MR) is 85.8 cm³/mol. The van der Waals surface area contributed by atoms with E-state index in [0.29, 0.717) is 6.61 Å². The van der Waals surface area contributed by atoms with E-state index in [1.807, 2.05) is 12.1 Å². The Morgan fingerprint density at radius 2 is 2.14 bits per heavy atom. The van der Waals surface area contributed by atoms with Gasteiger partial charge >= 0.3 is 0 Å². The normalized spacial score (nSPS) is 18.0. The van der Waals surface area contributed by atoms with Gasteiger partial charge in [0, 0.05) is 30.1 Å². The smallest absolute Gasteiger partial charge is 0.123 e. The summed E-state index contributed by atoms with van der Waals surface area (Å²) in [6.45, 7) is 3.25. The molecule has 0 radical (unpaired) electrons. The van der Waals surface area contributed by atoms with Crippen molar-refractivity contribution in [2.45, 2.75) is 32.0 Å². The minimum atomic E-state index is 0.261. The van der Waals surface area contributed by atoms with Gasteiger partial charge in [0.15, 0.2) is 0 Å². The summed E-state index contributed by atoms with van der Waals surface area (Å²) < 4.78 is 11.6. The Balaban J connectivity index is 1.51. The van der Waals surface area contributed by atoms with Gasteiger partial charge < -0.3 is 14.8 Å². The van der Waals surface area contributed by atoms with E-state index >= 15 is 0 Å². The average Bonchev–Trinajstić information content (AvgIpc) is 3.20. The molecule has 0 amide bonds. The number of ether oxygens (including phenoxy) is 2. The van der Waals surface area contributed by atoms with Gasteiger partial charge in [-0.05, 0) is 30.4 Å². The van der Waals surface area contributed by atoms with Crippen LogP contribution in [0.2, 0.25) is 0 Å². The van der Waals surface area contributed by atoms with E-state index in [-0.39, 0.29) is 6.10 Å². The van der Waals surface area contributed by atoms with Crippen LogP contribution in [0, 0.1) is 0 Å². The summed E-state index contributed by atoms with van der Waals surface area (Å²) in [6.07, 6.45) is 2.52. The van der Waals surface area contributed by atoms with Gasteiger partial charge in [0.1, 0.15) is 12.4 Å². The predicted octanol–water partition coefficient (Wildman–Crippen LogP) is 3.60. The zero-order chi connectivity index (χ0) is 14.3. The molecule has 2 heterocycles. The van der Waals surface area contributed by atoms with Gasteiger partial charge in [-0.2, -0.15) is 0 Å². The lowest BCUT2D eigenvalue weighted by molar-refractivity contribution is 0.0676. The topological polar surface area (TPSA) is 30.5 Å². The van der Waals surface area contributed by atoms with Crippen molar-refractivity contribution in [1.29, 1.82) is 0 Å². The second kappa shape index (κ2) is 7.59. The summed E-state index contributed by atoms with van der Waals surface area (Å²) in [7, 11) is 0. The molecule has 1 atom stereocenters. The minimum Gasteiger partial charge on any atom is -0.491 e. The third kappa shape index (κ3) is 4.30. The van der Waals surface area contributed by atoms with Crippen LogP contribution in [0.4, 0.5) is 0 Å². The second-order valence-electron chi connectivity index (χ2n) is 5.24. The van der Waals surface area contributed by atoms with E-state index in [2.05, 4.69) is 35.0 Å². The molecule has 1 saturated heterocycles. The summed E-state index contributed by atoms with van der Waals surface area (Å²) in [5, 5.41) is 5.58. The van der Waals surface area contributed by atoms with Gasteiger partial charge in [0.05, 0.1) is 6.10 Å². The van der Waals surface area contributed by atoms with Crippen molar-refractivity contribution in [2.24, 2.45) is 0 Å². The van der Waals surface area contributed by atoms with E-state index in [0.717, 1.165) is 38.3 Å². The standard InChI is InChI=1S/C17H21NO2S/c1-2-8-17(20-13-15-6-3-9-19-15)14(5-1)11-18-12-16-7-4-10-21-16/h1-2,4-5,7-8,10,15,18H,3,6,9,11-13H2. The molecular weight excluding hydrogens is 282 g/mol. The van der Waals surface area contributed by atoms with Crippen LogP contribution in [0.15, 0.2) is 41.8 Å². The van der Waals surface area contributed by atoms with Gasteiger partial charge in [-0.3, -0.25) is 0 Å². The largest absolute Gasteiger partial charge is 0.491 e.